The van der Waals surface area contributed by atoms with Crippen LogP contribution in [-0.4, -0.2) is 54.1 Å². The van der Waals surface area contributed by atoms with Gasteiger partial charge in [0, 0.05) is 26.2 Å². The van der Waals surface area contributed by atoms with Crippen LogP contribution in [0.25, 0.3) is 0 Å². The third kappa shape index (κ3) is 4.76. The molecule has 1 heterocycles. The van der Waals surface area contributed by atoms with Gasteiger partial charge in [-0.3, -0.25) is 9.59 Å². The quantitative estimate of drug-likeness (QED) is 0.671. The van der Waals surface area contributed by atoms with Crippen molar-refractivity contribution in [3.63, 3.8) is 0 Å². The van der Waals surface area contributed by atoms with E-state index in [1.54, 1.807) is 18.9 Å². The van der Waals surface area contributed by atoms with Gasteiger partial charge in [-0.2, -0.15) is 0 Å². The molecule has 0 bridgehead atoms. The first-order chi connectivity index (χ1) is 8.93. The number of nitrogens with zero attached hydrogens (tertiary/aromatic N) is 1. The number of urea groups is 1. The molecule has 2 unspecified atom stereocenters. The first-order valence-electron chi connectivity index (χ1n) is 6.43. The molecule has 2 atom stereocenters. The minimum absolute atomic E-state index is 0.0592. The molecule has 0 saturated carbocycles. The van der Waals surface area contributed by atoms with Crippen LogP contribution in [-0.2, 0) is 9.59 Å². The van der Waals surface area contributed by atoms with E-state index in [9.17, 15) is 14.4 Å². The lowest BCUT2D eigenvalue weighted by Gasteiger charge is -2.32. The average Bonchev–Trinajstić information content (AvgIpc) is 2.36. The molecule has 1 rings (SSSR count). The van der Waals surface area contributed by atoms with Gasteiger partial charge in [0.1, 0.15) is 0 Å². The molecule has 108 valence electrons. The van der Waals surface area contributed by atoms with Crippen molar-refractivity contribution in [3.05, 3.63) is 0 Å². The number of amides is 3. The second-order valence-electron chi connectivity index (χ2n) is 4.85. The largest absolute Gasteiger partial charge is 0.481 e. The summed E-state index contributed by atoms with van der Waals surface area (Å²) in [5.74, 6) is -1.19. The molecule has 19 heavy (non-hydrogen) atoms. The Morgan fingerprint density at radius 3 is 2.68 bits per heavy atom. The van der Waals surface area contributed by atoms with Gasteiger partial charge < -0.3 is 20.6 Å². The summed E-state index contributed by atoms with van der Waals surface area (Å²) >= 11 is 0. The highest BCUT2D eigenvalue weighted by Crippen LogP contribution is 2.16. The van der Waals surface area contributed by atoms with Crippen LogP contribution in [0.2, 0.25) is 0 Å². The first kappa shape index (κ1) is 15.3. The van der Waals surface area contributed by atoms with Crippen molar-refractivity contribution in [3.8, 4) is 0 Å². The van der Waals surface area contributed by atoms with Gasteiger partial charge in [0.2, 0.25) is 5.91 Å². The number of carbonyl (C=O) groups is 3. The predicted molar refractivity (Wildman–Crippen MR) is 68.6 cm³/mol. The van der Waals surface area contributed by atoms with Gasteiger partial charge in [0.25, 0.3) is 0 Å². The summed E-state index contributed by atoms with van der Waals surface area (Å²) in [6.07, 6.45) is 1.44. The van der Waals surface area contributed by atoms with Crippen molar-refractivity contribution in [1.29, 1.82) is 0 Å². The Bertz CT molecular complexity index is 359. The molecule has 1 aliphatic rings. The van der Waals surface area contributed by atoms with E-state index in [4.69, 9.17) is 5.11 Å². The molecule has 0 aliphatic carbocycles. The lowest BCUT2D eigenvalue weighted by atomic mass is 9.97. The summed E-state index contributed by atoms with van der Waals surface area (Å²) in [7, 11) is 1.58. The van der Waals surface area contributed by atoms with Crippen molar-refractivity contribution < 1.29 is 19.5 Å². The Morgan fingerprint density at radius 1 is 1.42 bits per heavy atom. The summed E-state index contributed by atoms with van der Waals surface area (Å²) in [4.78, 5) is 35.6. The molecule has 1 fully saturated rings. The van der Waals surface area contributed by atoms with Crippen molar-refractivity contribution in [1.82, 2.24) is 15.5 Å². The minimum atomic E-state index is -0.949. The summed E-state index contributed by atoms with van der Waals surface area (Å²) in [5.41, 5.74) is 0. The van der Waals surface area contributed by atoms with Gasteiger partial charge in [-0.15, -0.1) is 0 Å². The molecule has 0 radical (unpaired) electrons. The number of hydrogen-bond acceptors (Lipinski definition) is 3. The van der Waals surface area contributed by atoms with Crippen LogP contribution in [0.15, 0.2) is 0 Å². The molecule has 0 aromatic rings. The minimum Gasteiger partial charge on any atom is -0.481 e. The molecule has 0 spiro atoms. The van der Waals surface area contributed by atoms with Crippen LogP contribution >= 0.6 is 0 Å². The summed E-state index contributed by atoms with van der Waals surface area (Å²) < 4.78 is 0. The van der Waals surface area contributed by atoms with Crippen molar-refractivity contribution in [2.45, 2.75) is 32.2 Å². The fourth-order valence-electron chi connectivity index (χ4n) is 2.19. The van der Waals surface area contributed by atoms with E-state index < -0.39 is 12.0 Å². The van der Waals surface area contributed by atoms with Crippen LogP contribution in [0, 0.1) is 5.92 Å². The molecule has 3 N–H and O–H groups in total. The number of likely N-dealkylation sites (tertiary alicyclic amines) is 1. The fourth-order valence-corrected chi connectivity index (χ4v) is 2.19. The summed E-state index contributed by atoms with van der Waals surface area (Å²) in [6, 6.07) is -0.729. The molecule has 3 amide bonds. The van der Waals surface area contributed by atoms with Gasteiger partial charge in [-0.1, -0.05) is 0 Å². The van der Waals surface area contributed by atoms with Gasteiger partial charge in [-0.05, 0) is 19.8 Å². The lowest BCUT2D eigenvalue weighted by molar-refractivity contribution is -0.137. The predicted octanol–water partition coefficient (Wildman–Crippen LogP) is 0.0172. The molecule has 0 aromatic heterocycles. The third-order valence-electron chi connectivity index (χ3n) is 3.18. The van der Waals surface area contributed by atoms with Gasteiger partial charge in [-0.25, -0.2) is 4.79 Å². The van der Waals surface area contributed by atoms with Crippen LogP contribution in [0.3, 0.4) is 0 Å². The first-order valence-corrected chi connectivity index (χ1v) is 6.43. The Balaban J connectivity index is 2.48. The third-order valence-corrected chi connectivity index (χ3v) is 3.18. The molecule has 1 aliphatic heterocycles. The number of carboxylic acids is 1. The summed E-state index contributed by atoms with van der Waals surface area (Å²) in [5, 5.41) is 13.9. The number of hydrogen-bond donors (Lipinski definition) is 3. The highest BCUT2D eigenvalue weighted by atomic mass is 16.4. The van der Waals surface area contributed by atoms with E-state index in [0.717, 1.165) is 12.8 Å². The second kappa shape index (κ2) is 6.96. The van der Waals surface area contributed by atoms with E-state index in [1.807, 2.05) is 0 Å². The highest BCUT2D eigenvalue weighted by molar-refractivity contribution is 5.80. The van der Waals surface area contributed by atoms with Gasteiger partial charge in [0.05, 0.1) is 12.3 Å². The maximum absolute atomic E-state index is 11.9. The van der Waals surface area contributed by atoms with Crippen LogP contribution in [0.1, 0.15) is 26.2 Å². The van der Waals surface area contributed by atoms with E-state index in [2.05, 4.69) is 10.6 Å². The smallest absolute Gasteiger partial charge is 0.317 e. The fraction of sp³-hybridized carbons (Fsp3) is 0.750. The van der Waals surface area contributed by atoms with E-state index in [1.165, 1.54) is 0 Å². The number of carbonyl (C=O) groups excluding carboxylic acids is 2. The van der Waals surface area contributed by atoms with E-state index in [-0.39, 0.29) is 24.3 Å². The Labute approximate surface area is 112 Å². The number of carboxylic acid groups (broad SMARTS) is 1. The van der Waals surface area contributed by atoms with Crippen molar-refractivity contribution >= 4 is 17.9 Å². The van der Waals surface area contributed by atoms with Crippen LogP contribution in [0.5, 0.6) is 0 Å². The Kier molecular flexibility index (Phi) is 5.59. The molecular weight excluding hydrogens is 250 g/mol. The van der Waals surface area contributed by atoms with Crippen molar-refractivity contribution in [2.75, 3.05) is 20.1 Å². The lowest BCUT2D eigenvalue weighted by Crippen LogP contribution is -2.50. The molecule has 7 nitrogen and oxygen atoms in total. The monoisotopic (exact) mass is 271 g/mol. The van der Waals surface area contributed by atoms with Crippen LogP contribution < -0.4 is 10.6 Å². The number of piperidine rings is 1. The van der Waals surface area contributed by atoms with Gasteiger partial charge in [0.15, 0.2) is 0 Å². The zero-order chi connectivity index (χ0) is 14.4. The number of aliphatic carboxylic acids is 1. The number of rotatable bonds is 4. The zero-order valence-electron chi connectivity index (χ0n) is 11.3. The van der Waals surface area contributed by atoms with E-state index >= 15 is 0 Å². The Morgan fingerprint density at radius 2 is 2.11 bits per heavy atom. The summed E-state index contributed by atoms with van der Waals surface area (Å²) in [6.45, 7) is 2.62. The normalized spacial score (nSPS) is 20.5. The number of nitrogens with one attached hydrogen (secondary N) is 2. The van der Waals surface area contributed by atoms with Crippen molar-refractivity contribution in [2.24, 2.45) is 5.92 Å². The standard InChI is InChI=1S/C12H21N3O4/c1-8(6-10(16)17)14-12(19)15-5-3-4-9(7-15)11(18)13-2/h8-9H,3-7H2,1-2H3,(H,13,18)(H,14,19)(H,16,17). The molecule has 0 aromatic carbocycles. The second-order valence-corrected chi connectivity index (χ2v) is 4.85. The Hall–Kier alpha value is -1.79. The maximum Gasteiger partial charge on any atom is 0.317 e. The zero-order valence-corrected chi connectivity index (χ0v) is 11.3. The highest BCUT2D eigenvalue weighted by Gasteiger charge is 2.28. The van der Waals surface area contributed by atoms with Gasteiger partial charge >= 0.3 is 12.0 Å². The van der Waals surface area contributed by atoms with Crippen LogP contribution in [0.4, 0.5) is 4.79 Å². The average molecular weight is 271 g/mol. The van der Waals surface area contributed by atoms with E-state index in [0.29, 0.717) is 13.1 Å². The molecule has 7 heteroatoms. The topological polar surface area (TPSA) is 98.7 Å². The maximum atomic E-state index is 11.9. The molecular formula is C12H21N3O4. The molecule has 1 saturated heterocycles. The SMILES string of the molecule is CNC(=O)C1CCCN(C(=O)NC(C)CC(=O)O)C1.